The molecule has 0 radical (unpaired) electrons. The number of fused-ring (bicyclic) bond motifs is 1. The van der Waals surface area contributed by atoms with Gasteiger partial charge in [-0.15, -0.1) is 0 Å². The molecule has 3 aromatic heterocycles. The zero-order valence-corrected chi connectivity index (χ0v) is 20.4. The standard InChI is InChI=1S/C24H31FN6O3/c1-15(2)34-14-19(32)13-31(22(17(4)25)9-16(3)33-6)23-8-7-20-24(29-23)28-21(11-26-20)18-10-27-30(5)12-18/h7-12,15,19,32H,13-14H2,1-6H3. The van der Waals surface area contributed by atoms with Crippen molar-refractivity contribution in [3.8, 4) is 11.3 Å². The number of hydrogen-bond acceptors (Lipinski definition) is 8. The molecule has 0 aliphatic carbocycles. The Labute approximate surface area is 198 Å². The fourth-order valence-electron chi connectivity index (χ4n) is 3.23. The van der Waals surface area contributed by atoms with E-state index in [1.54, 1.807) is 47.1 Å². The fourth-order valence-corrected chi connectivity index (χ4v) is 3.23. The molecule has 182 valence electrons. The molecule has 0 amide bonds. The van der Waals surface area contributed by atoms with Crippen LogP contribution in [0.1, 0.15) is 27.7 Å². The Kier molecular flexibility index (Phi) is 8.30. The first-order valence-electron chi connectivity index (χ1n) is 11.0. The van der Waals surface area contributed by atoms with Gasteiger partial charge in [0.05, 0.1) is 62.0 Å². The second-order valence-electron chi connectivity index (χ2n) is 8.19. The summed E-state index contributed by atoms with van der Waals surface area (Å²) in [6.07, 6.45) is 5.82. The molecule has 0 aliphatic rings. The number of methoxy groups -OCH3 is 1. The molecule has 34 heavy (non-hydrogen) atoms. The van der Waals surface area contributed by atoms with Crippen molar-refractivity contribution in [2.75, 3.05) is 25.2 Å². The zero-order chi connectivity index (χ0) is 24.8. The number of halogens is 1. The number of aliphatic hydroxyl groups is 1. The van der Waals surface area contributed by atoms with Crippen molar-refractivity contribution in [3.63, 3.8) is 0 Å². The summed E-state index contributed by atoms with van der Waals surface area (Å²) in [5.41, 5.74) is 2.62. The Bertz CT molecular complexity index is 1190. The highest BCUT2D eigenvalue weighted by Crippen LogP contribution is 2.26. The molecule has 1 atom stereocenters. The van der Waals surface area contributed by atoms with Crippen LogP contribution < -0.4 is 4.90 Å². The van der Waals surface area contributed by atoms with Crippen LogP contribution in [0.3, 0.4) is 0 Å². The van der Waals surface area contributed by atoms with Gasteiger partial charge in [-0.05, 0) is 39.8 Å². The van der Waals surface area contributed by atoms with E-state index < -0.39 is 11.9 Å². The van der Waals surface area contributed by atoms with Gasteiger partial charge >= 0.3 is 0 Å². The summed E-state index contributed by atoms with van der Waals surface area (Å²) >= 11 is 0. The third-order valence-corrected chi connectivity index (χ3v) is 4.99. The van der Waals surface area contributed by atoms with Gasteiger partial charge in [0.1, 0.15) is 17.2 Å². The average Bonchev–Trinajstić information content (AvgIpc) is 3.25. The monoisotopic (exact) mass is 470 g/mol. The van der Waals surface area contributed by atoms with Crippen molar-refractivity contribution in [2.45, 2.75) is 39.9 Å². The third kappa shape index (κ3) is 6.36. The van der Waals surface area contributed by atoms with Crippen LogP contribution in [0.4, 0.5) is 10.2 Å². The highest BCUT2D eigenvalue weighted by Gasteiger charge is 2.21. The average molecular weight is 471 g/mol. The normalized spacial score (nSPS) is 13.9. The second-order valence-corrected chi connectivity index (χ2v) is 8.19. The Morgan fingerprint density at radius 3 is 2.62 bits per heavy atom. The molecule has 1 unspecified atom stereocenters. The molecular formula is C24H31FN6O3. The number of allylic oxidation sites excluding steroid dienone is 3. The van der Waals surface area contributed by atoms with Crippen molar-refractivity contribution in [1.29, 1.82) is 0 Å². The Hall–Kier alpha value is -3.37. The predicted molar refractivity (Wildman–Crippen MR) is 129 cm³/mol. The number of nitrogens with zero attached hydrogens (tertiary/aromatic N) is 6. The molecule has 0 spiro atoms. The SMILES string of the molecule is COC(C)=CC(=C(C)F)N(CC(O)COC(C)C)c1ccc2ncc(-c3cnn(C)c3)nc2n1. The molecule has 0 bridgehead atoms. The lowest BCUT2D eigenvalue weighted by atomic mass is 10.2. The number of aromatic nitrogens is 5. The van der Waals surface area contributed by atoms with Crippen molar-refractivity contribution in [3.05, 3.63) is 54.1 Å². The Morgan fingerprint density at radius 1 is 1.24 bits per heavy atom. The summed E-state index contributed by atoms with van der Waals surface area (Å²) in [5.74, 6) is 0.454. The van der Waals surface area contributed by atoms with E-state index in [1.807, 2.05) is 27.1 Å². The quantitative estimate of drug-likeness (QED) is 0.353. The number of hydrogen-bond donors (Lipinski definition) is 1. The number of anilines is 1. The molecule has 0 aliphatic heterocycles. The lowest BCUT2D eigenvalue weighted by Gasteiger charge is -2.28. The van der Waals surface area contributed by atoms with Crippen molar-refractivity contribution < 1.29 is 19.0 Å². The van der Waals surface area contributed by atoms with Gasteiger partial charge in [-0.25, -0.2) is 14.4 Å². The first kappa shape index (κ1) is 25.3. The van der Waals surface area contributed by atoms with Crippen molar-refractivity contribution in [2.24, 2.45) is 7.05 Å². The molecule has 3 rings (SSSR count). The first-order valence-corrected chi connectivity index (χ1v) is 11.0. The zero-order valence-electron chi connectivity index (χ0n) is 20.4. The van der Waals surface area contributed by atoms with Crippen LogP contribution in [0.15, 0.2) is 54.1 Å². The summed E-state index contributed by atoms with van der Waals surface area (Å²) in [6, 6.07) is 3.48. The summed E-state index contributed by atoms with van der Waals surface area (Å²) in [7, 11) is 3.33. The van der Waals surface area contributed by atoms with Gasteiger partial charge in [-0.1, -0.05) is 0 Å². The van der Waals surface area contributed by atoms with E-state index in [4.69, 9.17) is 9.47 Å². The number of pyridine rings is 1. The minimum Gasteiger partial charge on any atom is -0.501 e. The maximum Gasteiger partial charge on any atom is 0.180 e. The number of ether oxygens (including phenoxy) is 2. The number of rotatable bonds is 10. The fraction of sp³-hybridized carbons (Fsp3) is 0.417. The minimum absolute atomic E-state index is 0.0448. The van der Waals surface area contributed by atoms with Crippen LogP contribution in [0, 0.1) is 0 Å². The molecule has 3 heterocycles. The summed E-state index contributed by atoms with van der Waals surface area (Å²) in [5, 5.41) is 14.8. The molecular weight excluding hydrogens is 439 g/mol. The van der Waals surface area contributed by atoms with Gasteiger partial charge in [0.25, 0.3) is 0 Å². The Balaban J connectivity index is 2.05. The molecule has 0 saturated heterocycles. The van der Waals surface area contributed by atoms with Crippen LogP contribution in [0.5, 0.6) is 0 Å². The lowest BCUT2D eigenvalue weighted by molar-refractivity contribution is 0.00935. The predicted octanol–water partition coefficient (Wildman–Crippen LogP) is 3.77. The topological polar surface area (TPSA) is 98.4 Å². The van der Waals surface area contributed by atoms with Crippen LogP contribution >= 0.6 is 0 Å². The van der Waals surface area contributed by atoms with Gasteiger partial charge < -0.3 is 19.5 Å². The van der Waals surface area contributed by atoms with E-state index in [0.717, 1.165) is 5.56 Å². The molecule has 1 N–H and O–H groups in total. The van der Waals surface area contributed by atoms with E-state index in [-0.39, 0.29) is 25.0 Å². The second kappa shape index (κ2) is 11.2. The van der Waals surface area contributed by atoms with Crippen molar-refractivity contribution >= 4 is 17.0 Å². The lowest BCUT2D eigenvalue weighted by Crippen LogP contribution is -2.35. The van der Waals surface area contributed by atoms with Crippen LogP contribution in [-0.4, -0.2) is 62.3 Å². The molecule has 3 aromatic rings. The maximum absolute atomic E-state index is 14.7. The smallest absolute Gasteiger partial charge is 0.180 e. The largest absolute Gasteiger partial charge is 0.501 e. The summed E-state index contributed by atoms with van der Waals surface area (Å²) < 4.78 is 27.2. The van der Waals surface area contributed by atoms with Gasteiger partial charge in [-0.2, -0.15) is 5.10 Å². The molecule has 0 saturated carbocycles. The highest BCUT2D eigenvalue weighted by molar-refractivity contribution is 5.75. The molecule has 0 fully saturated rings. The summed E-state index contributed by atoms with van der Waals surface area (Å²) in [6.45, 7) is 6.98. The van der Waals surface area contributed by atoms with Gasteiger partial charge in [-0.3, -0.25) is 9.67 Å². The van der Waals surface area contributed by atoms with Crippen LogP contribution in [0.2, 0.25) is 0 Å². The van der Waals surface area contributed by atoms with Gasteiger partial charge in [0, 0.05) is 24.9 Å². The minimum atomic E-state index is -0.890. The first-order chi connectivity index (χ1) is 16.2. The molecule has 10 heteroatoms. The van der Waals surface area contributed by atoms with E-state index in [9.17, 15) is 9.50 Å². The maximum atomic E-state index is 14.7. The number of aryl methyl sites for hydroxylation is 1. The third-order valence-electron chi connectivity index (χ3n) is 4.99. The highest BCUT2D eigenvalue weighted by atomic mass is 19.1. The van der Waals surface area contributed by atoms with Crippen LogP contribution in [-0.2, 0) is 16.5 Å². The van der Waals surface area contributed by atoms with Crippen LogP contribution in [0.25, 0.3) is 22.4 Å². The van der Waals surface area contributed by atoms with E-state index in [1.165, 1.54) is 14.0 Å². The molecule has 9 nitrogen and oxygen atoms in total. The van der Waals surface area contributed by atoms with E-state index in [0.29, 0.717) is 28.4 Å². The van der Waals surface area contributed by atoms with E-state index >= 15 is 0 Å². The number of aliphatic hydroxyl groups excluding tert-OH is 1. The van der Waals surface area contributed by atoms with Gasteiger partial charge in [0.15, 0.2) is 5.65 Å². The Morgan fingerprint density at radius 2 is 2.00 bits per heavy atom. The molecule has 0 aromatic carbocycles. The van der Waals surface area contributed by atoms with Crippen molar-refractivity contribution in [1.82, 2.24) is 24.7 Å². The summed E-state index contributed by atoms with van der Waals surface area (Å²) in [4.78, 5) is 15.3. The van der Waals surface area contributed by atoms with E-state index in [2.05, 4.69) is 20.1 Å². The van der Waals surface area contributed by atoms with Gasteiger partial charge in [0.2, 0.25) is 0 Å².